The zero-order valence-corrected chi connectivity index (χ0v) is 14.6. The van der Waals surface area contributed by atoms with Gasteiger partial charge in [0.05, 0.1) is 10.7 Å². The third-order valence-electron chi connectivity index (χ3n) is 2.83. The van der Waals surface area contributed by atoms with Gasteiger partial charge in [0.25, 0.3) is 5.91 Å². The highest BCUT2D eigenvalue weighted by atomic mass is 79.9. The number of benzene rings is 2. The van der Waals surface area contributed by atoms with Crippen LogP contribution in [0.5, 0.6) is 11.5 Å². The molecule has 2 N–H and O–H groups in total. The van der Waals surface area contributed by atoms with Crippen LogP contribution in [0.3, 0.4) is 0 Å². The van der Waals surface area contributed by atoms with Gasteiger partial charge >= 0.3 is 0 Å². The molecule has 0 aliphatic rings. The first kappa shape index (κ1) is 17.3. The number of phenols is 1. The predicted molar refractivity (Wildman–Crippen MR) is 93.2 cm³/mol. The van der Waals surface area contributed by atoms with Crippen molar-refractivity contribution in [3.05, 3.63) is 57.0 Å². The highest BCUT2D eigenvalue weighted by Crippen LogP contribution is 2.27. The first-order chi connectivity index (χ1) is 11.0. The van der Waals surface area contributed by atoms with Gasteiger partial charge < -0.3 is 9.84 Å². The van der Waals surface area contributed by atoms with E-state index in [0.29, 0.717) is 20.8 Å². The van der Waals surface area contributed by atoms with Crippen LogP contribution in [0, 0.1) is 6.92 Å². The number of hydrazone groups is 1. The first-order valence-corrected chi connectivity index (χ1v) is 7.82. The molecule has 0 bridgehead atoms. The second-order valence-corrected chi connectivity index (χ2v) is 6.01. The average molecular weight is 398 g/mol. The van der Waals surface area contributed by atoms with Crippen LogP contribution in [0.25, 0.3) is 0 Å². The molecular formula is C16H14BrClN2O3. The van der Waals surface area contributed by atoms with Crippen molar-refractivity contribution in [3.63, 3.8) is 0 Å². The Balaban J connectivity index is 1.87. The Kier molecular flexibility index (Phi) is 6.01. The Hall–Kier alpha value is -2.05. The maximum atomic E-state index is 11.7. The summed E-state index contributed by atoms with van der Waals surface area (Å²) in [4.78, 5) is 11.7. The number of carbonyl (C=O) groups excluding carboxylic acids is 1. The summed E-state index contributed by atoms with van der Waals surface area (Å²) in [6.07, 6.45) is 1.37. The van der Waals surface area contributed by atoms with Gasteiger partial charge in [0, 0.05) is 10.6 Å². The van der Waals surface area contributed by atoms with Crippen molar-refractivity contribution in [1.29, 1.82) is 0 Å². The molecular weight excluding hydrogens is 384 g/mol. The minimum Gasteiger partial charge on any atom is -0.507 e. The Morgan fingerprint density at radius 3 is 2.91 bits per heavy atom. The van der Waals surface area contributed by atoms with E-state index in [4.69, 9.17) is 16.3 Å². The number of hydrogen-bond donors (Lipinski definition) is 2. The number of ether oxygens (including phenoxy) is 1. The van der Waals surface area contributed by atoms with E-state index < -0.39 is 5.91 Å². The lowest BCUT2D eigenvalue weighted by molar-refractivity contribution is -0.123. The molecule has 2 rings (SSSR count). The molecule has 0 fully saturated rings. The lowest BCUT2D eigenvalue weighted by atomic mass is 10.1. The molecule has 0 spiro atoms. The highest BCUT2D eigenvalue weighted by Gasteiger charge is 2.05. The van der Waals surface area contributed by atoms with Crippen molar-refractivity contribution in [3.8, 4) is 11.5 Å². The van der Waals surface area contributed by atoms with Gasteiger partial charge in [-0.2, -0.15) is 5.10 Å². The van der Waals surface area contributed by atoms with E-state index >= 15 is 0 Å². The SMILES string of the molecule is Cc1ccc(O)c(/C=N/NC(=O)COc2ccc(Cl)cc2Br)c1. The Morgan fingerprint density at radius 2 is 2.17 bits per heavy atom. The first-order valence-electron chi connectivity index (χ1n) is 6.65. The quantitative estimate of drug-likeness (QED) is 0.598. The van der Waals surface area contributed by atoms with Crippen molar-refractivity contribution >= 4 is 39.7 Å². The average Bonchev–Trinajstić information content (AvgIpc) is 2.50. The molecule has 1 amide bonds. The minimum absolute atomic E-state index is 0.0925. The molecule has 0 aromatic heterocycles. The molecule has 7 heteroatoms. The Morgan fingerprint density at radius 1 is 1.39 bits per heavy atom. The van der Waals surface area contributed by atoms with Crippen LogP contribution in [-0.4, -0.2) is 23.8 Å². The van der Waals surface area contributed by atoms with Crippen LogP contribution in [-0.2, 0) is 4.79 Å². The molecule has 2 aromatic carbocycles. The van der Waals surface area contributed by atoms with Gasteiger partial charge in [0.2, 0.25) is 0 Å². The van der Waals surface area contributed by atoms with Gasteiger partial charge in [-0.25, -0.2) is 5.43 Å². The highest BCUT2D eigenvalue weighted by molar-refractivity contribution is 9.10. The van der Waals surface area contributed by atoms with Crippen LogP contribution < -0.4 is 10.2 Å². The largest absolute Gasteiger partial charge is 0.507 e. The minimum atomic E-state index is -0.421. The van der Waals surface area contributed by atoms with E-state index in [1.807, 2.05) is 6.92 Å². The molecule has 0 atom stereocenters. The van der Waals surface area contributed by atoms with Gasteiger partial charge in [-0.1, -0.05) is 23.2 Å². The molecule has 23 heavy (non-hydrogen) atoms. The van der Waals surface area contributed by atoms with Crippen molar-refractivity contribution in [2.75, 3.05) is 6.61 Å². The molecule has 0 saturated carbocycles. The van der Waals surface area contributed by atoms with Crippen molar-refractivity contribution < 1.29 is 14.6 Å². The second kappa shape index (κ2) is 7.99. The number of nitrogens with one attached hydrogen (secondary N) is 1. The molecule has 2 aromatic rings. The van der Waals surface area contributed by atoms with Crippen molar-refractivity contribution in [2.24, 2.45) is 5.10 Å². The summed E-state index contributed by atoms with van der Waals surface area (Å²) < 4.78 is 6.02. The van der Waals surface area contributed by atoms with Gasteiger partial charge in [-0.15, -0.1) is 0 Å². The number of amides is 1. The lowest BCUT2D eigenvalue weighted by Crippen LogP contribution is -2.24. The summed E-state index contributed by atoms with van der Waals surface area (Å²) in [7, 11) is 0. The molecule has 5 nitrogen and oxygen atoms in total. The van der Waals surface area contributed by atoms with E-state index in [9.17, 15) is 9.90 Å². The maximum absolute atomic E-state index is 11.7. The predicted octanol–water partition coefficient (Wildman–Crippen LogP) is 3.65. The number of carbonyl (C=O) groups is 1. The fraction of sp³-hybridized carbons (Fsp3) is 0.125. The normalized spacial score (nSPS) is 10.7. The number of halogens is 2. The van der Waals surface area contributed by atoms with Crippen LogP contribution in [0.1, 0.15) is 11.1 Å². The third-order valence-corrected chi connectivity index (χ3v) is 3.68. The maximum Gasteiger partial charge on any atom is 0.277 e. The lowest BCUT2D eigenvalue weighted by Gasteiger charge is -2.07. The molecule has 0 radical (unpaired) electrons. The van der Waals surface area contributed by atoms with E-state index in [1.165, 1.54) is 6.21 Å². The fourth-order valence-electron chi connectivity index (χ4n) is 1.72. The van der Waals surface area contributed by atoms with Gasteiger partial charge in [-0.05, 0) is 53.2 Å². The van der Waals surface area contributed by atoms with Gasteiger partial charge in [-0.3, -0.25) is 4.79 Å². The van der Waals surface area contributed by atoms with Crippen LogP contribution in [0.15, 0.2) is 46.0 Å². The summed E-state index contributed by atoms with van der Waals surface area (Å²) in [6.45, 7) is 1.70. The fourth-order valence-corrected chi connectivity index (χ4v) is 2.52. The number of aryl methyl sites for hydroxylation is 1. The number of rotatable bonds is 5. The van der Waals surface area contributed by atoms with E-state index in [-0.39, 0.29) is 12.4 Å². The van der Waals surface area contributed by atoms with E-state index in [2.05, 4.69) is 26.5 Å². The molecule has 0 aliphatic carbocycles. The summed E-state index contributed by atoms with van der Waals surface area (Å²) in [5.74, 6) is 0.176. The smallest absolute Gasteiger partial charge is 0.277 e. The summed E-state index contributed by atoms with van der Waals surface area (Å²) in [6, 6.07) is 10.1. The number of aromatic hydroxyl groups is 1. The third kappa shape index (κ3) is 5.26. The van der Waals surface area contributed by atoms with E-state index in [1.54, 1.807) is 36.4 Å². The summed E-state index contributed by atoms with van der Waals surface area (Å²) >= 11 is 9.12. The molecule has 0 saturated heterocycles. The second-order valence-electron chi connectivity index (χ2n) is 4.72. The van der Waals surface area contributed by atoms with Crippen molar-refractivity contribution in [1.82, 2.24) is 5.43 Å². The summed E-state index contributed by atoms with van der Waals surface area (Å²) in [5.41, 5.74) is 3.83. The molecule has 120 valence electrons. The van der Waals surface area contributed by atoms with Crippen LogP contribution >= 0.6 is 27.5 Å². The number of nitrogens with zero attached hydrogens (tertiary/aromatic N) is 1. The molecule has 0 aliphatic heterocycles. The van der Waals surface area contributed by atoms with Gasteiger partial charge in [0.15, 0.2) is 6.61 Å². The zero-order valence-electron chi connectivity index (χ0n) is 12.2. The number of hydrogen-bond acceptors (Lipinski definition) is 4. The molecule has 0 heterocycles. The Labute approximate surface area is 147 Å². The zero-order chi connectivity index (χ0) is 16.8. The Bertz CT molecular complexity index is 750. The monoisotopic (exact) mass is 396 g/mol. The molecule has 0 unspecified atom stereocenters. The van der Waals surface area contributed by atoms with Crippen molar-refractivity contribution in [2.45, 2.75) is 6.92 Å². The van der Waals surface area contributed by atoms with Crippen LogP contribution in [0.2, 0.25) is 5.02 Å². The van der Waals surface area contributed by atoms with Crippen LogP contribution in [0.4, 0.5) is 0 Å². The standard InChI is InChI=1S/C16H14BrClN2O3/c1-10-2-4-14(21)11(6-10)8-19-20-16(22)9-23-15-5-3-12(18)7-13(15)17/h2-8,21H,9H2,1H3,(H,20,22)/b19-8+. The van der Waals surface area contributed by atoms with Gasteiger partial charge in [0.1, 0.15) is 11.5 Å². The summed E-state index contributed by atoms with van der Waals surface area (Å²) in [5, 5.41) is 14.0. The van der Waals surface area contributed by atoms with E-state index in [0.717, 1.165) is 5.56 Å². The number of phenolic OH excluding ortho intramolecular Hbond substituents is 1. The topological polar surface area (TPSA) is 70.9 Å².